The van der Waals surface area contributed by atoms with E-state index in [1.54, 1.807) is 30.3 Å². The summed E-state index contributed by atoms with van der Waals surface area (Å²) in [5.41, 5.74) is 1.72. The maximum Gasteiger partial charge on any atom is 0.242 e. The third-order valence-electron chi connectivity index (χ3n) is 4.48. The number of nitrogens with one attached hydrogen (secondary N) is 1. The number of nitrogens with zero attached hydrogens (tertiary/aromatic N) is 4. The Morgan fingerprint density at radius 2 is 1.94 bits per heavy atom. The van der Waals surface area contributed by atoms with Crippen molar-refractivity contribution in [2.24, 2.45) is 0 Å². The van der Waals surface area contributed by atoms with E-state index >= 15 is 0 Å². The number of halogens is 2. The Labute approximate surface area is 192 Å². The number of hydrogen-bond donors (Lipinski definition) is 1. The number of aromatic nitrogens is 4. The van der Waals surface area contributed by atoms with Gasteiger partial charge in [-0.05, 0) is 52.4 Å². The van der Waals surface area contributed by atoms with Gasteiger partial charge in [0.2, 0.25) is 11.1 Å². The maximum atomic E-state index is 13.7. The Hall–Kier alpha value is -3.43. The molecule has 1 N–H and O–H groups in total. The number of thioether (sulfide) groups is 1. The predicted molar refractivity (Wildman–Crippen MR) is 121 cm³/mol. The highest BCUT2D eigenvalue weighted by atomic mass is 35.5. The summed E-state index contributed by atoms with van der Waals surface area (Å²) in [6, 6.07) is 20.1. The van der Waals surface area contributed by atoms with Crippen LogP contribution >= 0.6 is 23.4 Å². The number of methoxy groups -OCH3 is 1. The fraction of sp³-hybridized carbons (Fsp3) is 0.0909. The lowest BCUT2D eigenvalue weighted by Gasteiger charge is -2.17. The average molecular weight is 470 g/mol. The molecule has 0 unspecified atom stereocenters. The molecule has 162 valence electrons. The van der Waals surface area contributed by atoms with E-state index < -0.39 is 11.1 Å². The van der Waals surface area contributed by atoms with Gasteiger partial charge in [-0.15, -0.1) is 5.10 Å². The van der Waals surface area contributed by atoms with Gasteiger partial charge >= 0.3 is 0 Å². The van der Waals surface area contributed by atoms with E-state index in [2.05, 4.69) is 20.8 Å². The smallest absolute Gasteiger partial charge is 0.242 e. The quantitative estimate of drug-likeness (QED) is 0.386. The molecule has 0 radical (unpaired) electrons. The molecule has 1 amide bonds. The SMILES string of the molecule is COc1ccc(NC(=O)[C@@H](Sc2nnnn2-c2cccc(F)c2)c2ccccc2)cc1Cl. The molecule has 1 atom stereocenters. The van der Waals surface area contributed by atoms with Crippen molar-refractivity contribution in [3.8, 4) is 11.4 Å². The predicted octanol–water partition coefficient (Wildman–Crippen LogP) is 4.94. The molecule has 4 rings (SSSR count). The van der Waals surface area contributed by atoms with Crippen LogP contribution in [0.4, 0.5) is 10.1 Å². The summed E-state index contributed by atoms with van der Waals surface area (Å²) in [4.78, 5) is 13.3. The highest BCUT2D eigenvalue weighted by Crippen LogP contribution is 2.36. The number of hydrogen-bond acceptors (Lipinski definition) is 6. The topological polar surface area (TPSA) is 81.9 Å². The van der Waals surface area contributed by atoms with Crippen molar-refractivity contribution in [3.63, 3.8) is 0 Å². The highest BCUT2D eigenvalue weighted by Gasteiger charge is 2.26. The summed E-state index contributed by atoms with van der Waals surface area (Å²) in [5.74, 6) is -0.202. The molecule has 0 aliphatic rings. The normalized spacial score (nSPS) is 11.7. The zero-order valence-corrected chi connectivity index (χ0v) is 18.3. The first-order valence-corrected chi connectivity index (χ1v) is 10.7. The van der Waals surface area contributed by atoms with E-state index in [-0.39, 0.29) is 5.91 Å². The molecule has 0 bridgehead atoms. The molecule has 3 aromatic carbocycles. The molecule has 0 aliphatic heterocycles. The Kier molecular flexibility index (Phi) is 6.67. The molecule has 4 aromatic rings. The Morgan fingerprint density at radius 3 is 2.66 bits per heavy atom. The summed E-state index contributed by atoms with van der Waals surface area (Å²) < 4.78 is 20.2. The van der Waals surface area contributed by atoms with E-state index in [9.17, 15) is 9.18 Å². The number of carbonyl (C=O) groups is 1. The molecule has 7 nitrogen and oxygen atoms in total. The van der Waals surface area contributed by atoms with Crippen LogP contribution in [-0.4, -0.2) is 33.2 Å². The first kappa shape index (κ1) is 21.8. The van der Waals surface area contributed by atoms with E-state index in [0.29, 0.717) is 27.3 Å². The molecule has 0 aliphatic carbocycles. The monoisotopic (exact) mass is 469 g/mol. The van der Waals surface area contributed by atoms with E-state index in [1.807, 2.05) is 30.3 Å². The third-order valence-corrected chi connectivity index (χ3v) is 5.96. The summed E-state index contributed by atoms with van der Waals surface area (Å²) in [5, 5.41) is 14.6. The van der Waals surface area contributed by atoms with Crippen molar-refractivity contribution in [3.05, 3.63) is 89.2 Å². The molecular formula is C22H17ClFN5O2S. The second-order valence-corrected chi connectivity index (χ2v) is 8.08. The van der Waals surface area contributed by atoms with Crippen LogP contribution in [-0.2, 0) is 4.79 Å². The van der Waals surface area contributed by atoms with E-state index in [1.165, 1.54) is 23.9 Å². The fourth-order valence-corrected chi connectivity index (χ4v) is 4.23. The average Bonchev–Trinajstić information content (AvgIpc) is 3.26. The van der Waals surface area contributed by atoms with Gasteiger partial charge in [0.1, 0.15) is 16.8 Å². The van der Waals surface area contributed by atoms with Gasteiger partial charge in [-0.1, -0.05) is 59.8 Å². The van der Waals surface area contributed by atoms with Gasteiger partial charge in [-0.2, -0.15) is 4.68 Å². The van der Waals surface area contributed by atoms with E-state index in [0.717, 1.165) is 17.3 Å². The molecule has 0 saturated heterocycles. The lowest BCUT2D eigenvalue weighted by molar-refractivity contribution is -0.115. The highest BCUT2D eigenvalue weighted by molar-refractivity contribution is 8.00. The van der Waals surface area contributed by atoms with Crippen molar-refractivity contribution >= 4 is 35.0 Å². The molecule has 10 heteroatoms. The van der Waals surface area contributed by atoms with Crippen LogP contribution in [0.3, 0.4) is 0 Å². The maximum absolute atomic E-state index is 13.7. The minimum atomic E-state index is -0.685. The van der Waals surface area contributed by atoms with Crippen LogP contribution in [0.2, 0.25) is 5.02 Å². The number of benzene rings is 3. The van der Waals surface area contributed by atoms with Gasteiger partial charge in [0.15, 0.2) is 0 Å². The Bertz CT molecular complexity index is 1240. The summed E-state index contributed by atoms with van der Waals surface area (Å²) in [6.07, 6.45) is 0. The lowest BCUT2D eigenvalue weighted by atomic mass is 10.1. The standard InChI is InChI=1S/C22H17ClFN5O2S/c1-31-19-11-10-16(13-18(19)23)25-21(30)20(14-6-3-2-4-7-14)32-22-26-27-28-29(22)17-9-5-8-15(24)12-17/h2-13,20H,1H3,(H,25,30)/t20-/m0/s1. The van der Waals surface area contributed by atoms with Crippen LogP contribution in [0.15, 0.2) is 78.0 Å². The minimum Gasteiger partial charge on any atom is -0.495 e. The van der Waals surface area contributed by atoms with Gasteiger partial charge in [0, 0.05) is 5.69 Å². The lowest BCUT2D eigenvalue weighted by Crippen LogP contribution is -2.19. The number of ether oxygens (including phenoxy) is 1. The van der Waals surface area contributed by atoms with Gasteiger partial charge < -0.3 is 10.1 Å². The van der Waals surface area contributed by atoms with Crippen molar-refractivity contribution in [1.82, 2.24) is 20.2 Å². The van der Waals surface area contributed by atoms with Crippen LogP contribution in [0.5, 0.6) is 5.75 Å². The molecular weight excluding hydrogens is 453 g/mol. The van der Waals surface area contributed by atoms with Gasteiger partial charge in [0.05, 0.1) is 17.8 Å². The zero-order valence-electron chi connectivity index (χ0n) is 16.8. The van der Waals surface area contributed by atoms with Gasteiger partial charge in [-0.3, -0.25) is 4.79 Å². The van der Waals surface area contributed by atoms with Crippen molar-refractivity contribution in [2.45, 2.75) is 10.4 Å². The molecule has 0 saturated carbocycles. The number of carbonyl (C=O) groups excluding carboxylic acids is 1. The van der Waals surface area contributed by atoms with Crippen molar-refractivity contribution < 1.29 is 13.9 Å². The largest absolute Gasteiger partial charge is 0.495 e. The number of rotatable bonds is 7. The van der Waals surface area contributed by atoms with Crippen molar-refractivity contribution in [2.75, 3.05) is 12.4 Å². The van der Waals surface area contributed by atoms with E-state index in [4.69, 9.17) is 16.3 Å². The number of tetrazole rings is 1. The second-order valence-electron chi connectivity index (χ2n) is 6.60. The summed E-state index contributed by atoms with van der Waals surface area (Å²) >= 11 is 7.33. The molecule has 1 aromatic heterocycles. The molecule has 0 fully saturated rings. The first-order chi connectivity index (χ1) is 15.5. The Balaban J connectivity index is 1.64. The summed E-state index contributed by atoms with van der Waals surface area (Å²) in [7, 11) is 1.52. The van der Waals surface area contributed by atoms with Gasteiger partial charge in [0.25, 0.3) is 0 Å². The van der Waals surface area contributed by atoms with Crippen LogP contribution in [0, 0.1) is 5.82 Å². The van der Waals surface area contributed by atoms with Crippen LogP contribution in [0.25, 0.3) is 5.69 Å². The number of anilines is 1. The zero-order chi connectivity index (χ0) is 22.5. The minimum absolute atomic E-state index is 0.295. The molecule has 1 heterocycles. The first-order valence-electron chi connectivity index (χ1n) is 9.45. The summed E-state index contributed by atoms with van der Waals surface area (Å²) in [6.45, 7) is 0. The van der Waals surface area contributed by atoms with Crippen molar-refractivity contribution in [1.29, 1.82) is 0 Å². The number of amides is 1. The van der Waals surface area contributed by atoms with Crippen LogP contribution < -0.4 is 10.1 Å². The fourth-order valence-electron chi connectivity index (χ4n) is 2.98. The Morgan fingerprint density at radius 1 is 1.12 bits per heavy atom. The van der Waals surface area contributed by atoms with Crippen LogP contribution in [0.1, 0.15) is 10.8 Å². The third kappa shape index (κ3) is 4.90. The van der Waals surface area contributed by atoms with Gasteiger partial charge in [-0.25, -0.2) is 4.39 Å². The molecule has 32 heavy (non-hydrogen) atoms. The second kappa shape index (κ2) is 9.80. The molecule has 0 spiro atoms.